The molecule has 154 valence electrons. The number of hydrogen-bond acceptors (Lipinski definition) is 6. The SMILES string of the molecule is Cc1nn(C)c2sc(C(=O)N(C)c3c(N)n(Cc4ccccc4)c(=O)[nH]c3=O)cc12. The molecule has 0 aliphatic carbocycles. The fraction of sp³-hybridized carbons (Fsp3) is 0.200. The molecule has 0 radical (unpaired) electrons. The average Bonchev–Trinajstić information content (AvgIpc) is 3.26. The minimum Gasteiger partial charge on any atom is -0.383 e. The van der Waals surface area contributed by atoms with E-state index >= 15 is 0 Å². The van der Waals surface area contributed by atoms with Crippen LogP contribution in [0.25, 0.3) is 10.2 Å². The summed E-state index contributed by atoms with van der Waals surface area (Å²) in [5.41, 5.74) is 6.44. The molecular weight excluding hydrogens is 404 g/mol. The number of carbonyl (C=O) groups excluding carboxylic acids is 1. The maximum Gasteiger partial charge on any atom is 0.330 e. The molecule has 10 heteroatoms. The summed E-state index contributed by atoms with van der Waals surface area (Å²) in [6.07, 6.45) is 0. The van der Waals surface area contributed by atoms with E-state index in [2.05, 4.69) is 10.1 Å². The Labute approximate surface area is 175 Å². The Morgan fingerprint density at radius 1 is 1.27 bits per heavy atom. The number of thiophene rings is 1. The Morgan fingerprint density at radius 2 is 1.97 bits per heavy atom. The molecule has 3 heterocycles. The summed E-state index contributed by atoms with van der Waals surface area (Å²) in [5.74, 6) is -0.458. The first-order chi connectivity index (χ1) is 14.3. The molecule has 3 N–H and O–H groups in total. The van der Waals surface area contributed by atoms with Gasteiger partial charge in [0.15, 0.2) is 5.69 Å². The smallest absolute Gasteiger partial charge is 0.330 e. The normalized spacial score (nSPS) is 11.2. The zero-order valence-corrected chi connectivity index (χ0v) is 17.5. The van der Waals surface area contributed by atoms with E-state index in [0.717, 1.165) is 21.5 Å². The summed E-state index contributed by atoms with van der Waals surface area (Å²) in [7, 11) is 3.28. The third kappa shape index (κ3) is 3.20. The Balaban J connectivity index is 1.75. The van der Waals surface area contributed by atoms with E-state index in [-0.39, 0.29) is 18.1 Å². The van der Waals surface area contributed by atoms with Crippen molar-refractivity contribution in [1.29, 1.82) is 0 Å². The molecule has 0 unspecified atom stereocenters. The number of carbonyl (C=O) groups is 1. The molecule has 0 saturated heterocycles. The van der Waals surface area contributed by atoms with Gasteiger partial charge in [0.05, 0.1) is 17.1 Å². The second kappa shape index (κ2) is 7.30. The van der Waals surface area contributed by atoms with E-state index in [0.29, 0.717) is 4.88 Å². The first-order valence-electron chi connectivity index (χ1n) is 9.15. The van der Waals surface area contributed by atoms with Crippen LogP contribution in [0.2, 0.25) is 0 Å². The highest BCUT2D eigenvalue weighted by molar-refractivity contribution is 7.20. The number of H-pyrrole nitrogens is 1. The van der Waals surface area contributed by atoms with Crippen molar-refractivity contribution in [2.24, 2.45) is 7.05 Å². The van der Waals surface area contributed by atoms with E-state index in [9.17, 15) is 14.4 Å². The third-order valence-electron chi connectivity index (χ3n) is 4.94. The molecule has 4 aromatic rings. The molecule has 1 aromatic carbocycles. The average molecular weight is 424 g/mol. The Bertz CT molecular complexity index is 1350. The molecule has 1 amide bonds. The number of hydrogen-bond donors (Lipinski definition) is 2. The number of fused-ring (bicyclic) bond motifs is 1. The molecule has 0 spiro atoms. The van der Waals surface area contributed by atoms with Crippen LogP contribution in [0.5, 0.6) is 0 Å². The maximum atomic E-state index is 13.1. The van der Waals surface area contributed by atoms with Crippen LogP contribution < -0.4 is 21.9 Å². The predicted octanol–water partition coefficient (Wildman–Crippen LogP) is 1.70. The number of anilines is 2. The molecule has 0 bridgehead atoms. The van der Waals surface area contributed by atoms with Crippen LogP contribution in [0.1, 0.15) is 20.9 Å². The number of aromatic nitrogens is 4. The molecule has 3 aromatic heterocycles. The number of amides is 1. The monoisotopic (exact) mass is 424 g/mol. The second-order valence-electron chi connectivity index (χ2n) is 6.97. The summed E-state index contributed by atoms with van der Waals surface area (Å²) in [4.78, 5) is 42.7. The first-order valence-corrected chi connectivity index (χ1v) is 9.97. The number of rotatable bonds is 4. The standard InChI is InChI=1S/C20H20N6O3S/c1-11-13-9-14(30-19(13)25(3)23-11)18(28)24(2)15-16(21)26(20(29)22-17(15)27)10-12-7-5-4-6-8-12/h4-9H,10,21H2,1-3H3,(H,22,27,29). The lowest BCUT2D eigenvalue weighted by Crippen LogP contribution is -2.39. The summed E-state index contributed by atoms with van der Waals surface area (Å²) in [5, 5.41) is 5.22. The van der Waals surface area contributed by atoms with Gasteiger partial charge in [0.2, 0.25) is 0 Å². The van der Waals surface area contributed by atoms with Gasteiger partial charge in [0.1, 0.15) is 10.6 Å². The zero-order valence-electron chi connectivity index (χ0n) is 16.7. The number of nitrogens with two attached hydrogens (primary N) is 1. The number of nitrogens with one attached hydrogen (secondary N) is 1. The molecular formula is C20H20N6O3S. The topological polar surface area (TPSA) is 119 Å². The minimum atomic E-state index is -0.711. The quantitative estimate of drug-likeness (QED) is 0.517. The van der Waals surface area contributed by atoms with E-state index < -0.39 is 17.2 Å². The summed E-state index contributed by atoms with van der Waals surface area (Å²) < 4.78 is 2.96. The molecule has 4 rings (SSSR count). The van der Waals surface area contributed by atoms with Crippen LogP contribution in [-0.2, 0) is 13.6 Å². The van der Waals surface area contributed by atoms with E-state index in [1.54, 1.807) is 10.7 Å². The van der Waals surface area contributed by atoms with E-state index in [4.69, 9.17) is 5.73 Å². The van der Waals surface area contributed by atoms with Gasteiger partial charge in [0, 0.05) is 19.5 Å². The van der Waals surface area contributed by atoms with Crippen LogP contribution >= 0.6 is 11.3 Å². The summed E-state index contributed by atoms with van der Waals surface area (Å²) in [6, 6.07) is 11.0. The predicted molar refractivity (Wildman–Crippen MR) is 117 cm³/mol. The number of aryl methyl sites for hydroxylation is 2. The molecule has 9 nitrogen and oxygen atoms in total. The van der Waals surface area contributed by atoms with Gasteiger partial charge >= 0.3 is 5.69 Å². The lowest BCUT2D eigenvalue weighted by Gasteiger charge is -2.20. The number of nitrogens with zero attached hydrogens (tertiary/aromatic N) is 4. The highest BCUT2D eigenvalue weighted by atomic mass is 32.1. The van der Waals surface area contributed by atoms with Crippen LogP contribution in [0.4, 0.5) is 11.5 Å². The van der Waals surface area contributed by atoms with Gasteiger partial charge in [-0.15, -0.1) is 11.3 Å². The van der Waals surface area contributed by atoms with Gasteiger partial charge in [-0.05, 0) is 18.6 Å². The van der Waals surface area contributed by atoms with Gasteiger partial charge in [0.25, 0.3) is 11.5 Å². The van der Waals surface area contributed by atoms with Crippen molar-refractivity contribution in [3.8, 4) is 0 Å². The Kier molecular flexibility index (Phi) is 4.78. The summed E-state index contributed by atoms with van der Waals surface area (Å²) >= 11 is 1.29. The number of aromatic amines is 1. The van der Waals surface area contributed by atoms with Crippen LogP contribution in [0.15, 0.2) is 46.0 Å². The highest BCUT2D eigenvalue weighted by Gasteiger charge is 2.24. The van der Waals surface area contributed by atoms with Crippen molar-refractivity contribution >= 4 is 39.0 Å². The molecule has 30 heavy (non-hydrogen) atoms. The number of benzene rings is 1. The molecule has 0 aliphatic rings. The molecule has 0 saturated carbocycles. The first kappa shape index (κ1) is 19.6. The molecule has 0 fully saturated rings. The van der Waals surface area contributed by atoms with Crippen LogP contribution in [0.3, 0.4) is 0 Å². The van der Waals surface area contributed by atoms with Crippen molar-refractivity contribution in [3.63, 3.8) is 0 Å². The van der Waals surface area contributed by atoms with Crippen molar-refractivity contribution in [1.82, 2.24) is 19.3 Å². The fourth-order valence-electron chi connectivity index (χ4n) is 3.40. The lowest BCUT2D eigenvalue weighted by molar-refractivity contribution is 0.0996. The zero-order chi connectivity index (χ0) is 21.6. The van der Waals surface area contributed by atoms with Crippen LogP contribution in [0, 0.1) is 6.92 Å². The summed E-state index contributed by atoms with van der Waals surface area (Å²) in [6.45, 7) is 2.04. The van der Waals surface area contributed by atoms with Crippen molar-refractivity contribution < 1.29 is 4.79 Å². The minimum absolute atomic E-state index is 0.0668. The molecule has 0 aliphatic heterocycles. The van der Waals surface area contributed by atoms with Crippen molar-refractivity contribution in [2.45, 2.75) is 13.5 Å². The number of nitrogen functional groups attached to an aromatic ring is 1. The fourth-order valence-corrected chi connectivity index (χ4v) is 4.50. The van der Waals surface area contributed by atoms with Gasteiger partial charge < -0.3 is 10.6 Å². The van der Waals surface area contributed by atoms with Crippen molar-refractivity contribution in [3.05, 3.63) is 73.4 Å². The van der Waals surface area contributed by atoms with E-state index in [1.165, 1.54) is 27.9 Å². The largest absolute Gasteiger partial charge is 0.383 e. The van der Waals surface area contributed by atoms with Crippen LogP contribution in [-0.4, -0.2) is 32.3 Å². The van der Waals surface area contributed by atoms with Gasteiger partial charge in [-0.3, -0.25) is 23.8 Å². The Hall–Kier alpha value is -3.66. The van der Waals surface area contributed by atoms with Crippen molar-refractivity contribution in [2.75, 3.05) is 17.7 Å². The third-order valence-corrected chi connectivity index (χ3v) is 6.13. The van der Waals surface area contributed by atoms with Gasteiger partial charge in [-0.2, -0.15) is 5.10 Å². The van der Waals surface area contributed by atoms with E-state index in [1.807, 2.05) is 44.3 Å². The lowest BCUT2D eigenvalue weighted by atomic mass is 10.2. The second-order valence-corrected chi connectivity index (χ2v) is 8.00. The Morgan fingerprint density at radius 3 is 2.63 bits per heavy atom. The maximum absolute atomic E-state index is 13.1. The van der Waals surface area contributed by atoms with Gasteiger partial charge in [-0.25, -0.2) is 4.79 Å². The molecule has 0 atom stereocenters. The highest BCUT2D eigenvalue weighted by Crippen LogP contribution is 2.29. The van der Waals surface area contributed by atoms with Gasteiger partial charge in [-0.1, -0.05) is 30.3 Å².